The predicted molar refractivity (Wildman–Crippen MR) is 35.5 cm³/mol. The van der Waals surface area contributed by atoms with Crippen molar-refractivity contribution in [3.63, 3.8) is 0 Å². The summed E-state index contributed by atoms with van der Waals surface area (Å²) in [6, 6.07) is 0. The maximum atomic E-state index is 12.8. The summed E-state index contributed by atoms with van der Waals surface area (Å²) in [4.78, 5) is 0. The van der Waals surface area contributed by atoms with Gasteiger partial charge in [0.25, 0.3) is 0 Å². The molecule has 0 aromatic carbocycles. The van der Waals surface area contributed by atoms with Crippen LogP contribution in [0, 0.1) is 5.92 Å². The quantitative estimate of drug-likeness (QED) is 0.626. The molecule has 0 aliphatic carbocycles. The number of ether oxygens (including phenoxy) is 1. The maximum absolute atomic E-state index is 12.8. The van der Waals surface area contributed by atoms with E-state index in [1.807, 2.05) is 0 Å². The van der Waals surface area contributed by atoms with Crippen molar-refractivity contribution in [3.05, 3.63) is 0 Å². The molecule has 1 rings (SSSR count). The van der Waals surface area contributed by atoms with Gasteiger partial charge < -0.3 is 9.84 Å². The van der Waals surface area contributed by atoms with Crippen molar-refractivity contribution in [1.29, 1.82) is 0 Å². The first-order valence-corrected chi connectivity index (χ1v) is 3.67. The van der Waals surface area contributed by atoms with Gasteiger partial charge in [-0.3, -0.25) is 0 Å². The lowest BCUT2D eigenvalue weighted by Gasteiger charge is -2.24. The molecule has 1 heterocycles. The van der Waals surface area contributed by atoms with Gasteiger partial charge in [-0.2, -0.15) is 0 Å². The van der Waals surface area contributed by atoms with Crippen molar-refractivity contribution >= 4 is 0 Å². The Bertz CT molecular complexity index is 95.6. The van der Waals surface area contributed by atoms with Crippen LogP contribution < -0.4 is 0 Å². The predicted octanol–water partition coefficient (Wildman–Crippen LogP) is 0.743. The van der Waals surface area contributed by atoms with Gasteiger partial charge in [-0.25, -0.2) is 4.39 Å². The van der Waals surface area contributed by atoms with Gasteiger partial charge in [0.05, 0.1) is 6.61 Å². The summed E-state index contributed by atoms with van der Waals surface area (Å²) in [6.45, 7) is 0.945. The van der Waals surface area contributed by atoms with Crippen molar-refractivity contribution in [2.75, 3.05) is 19.8 Å². The zero-order valence-corrected chi connectivity index (χ0v) is 5.92. The Balaban J connectivity index is 2.25. The van der Waals surface area contributed by atoms with Crippen LogP contribution in [0.15, 0.2) is 0 Å². The van der Waals surface area contributed by atoms with Crippen molar-refractivity contribution < 1.29 is 14.2 Å². The average molecular weight is 148 g/mol. The number of hydrogen-bond donors (Lipinski definition) is 1. The van der Waals surface area contributed by atoms with Crippen molar-refractivity contribution in [2.24, 2.45) is 5.92 Å². The summed E-state index contributed by atoms with van der Waals surface area (Å²) in [7, 11) is 0. The molecule has 0 spiro atoms. The molecule has 0 aromatic rings. The van der Waals surface area contributed by atoms with Gasteiger partial charge in [0.15, 0.2) is 0 Å². The van der Waals surface area contributed by atoms with E-state index in [1.54, 1.807) is 0 Å². The molecule has 0 saturated carbocycles. The van der Waals surface area contributed by atoms with E-state index in [0.717, 1.165) is 6.42 Å². The Kier molecular flexibility index (Phi) is 3.09. The molecule has 2 atom stereocenters. The van der Waals surface area contributed by atoms with Gasteiger partial charge in [-0.1, -0.05) is 0 Å². The lowest BCUT2D eigenvalue weighted by molar-refractivity contribution is -0.00845. The standard InChI is InChI=1S/C7H13FO2/c8-7-5-10-4-2-6(7)1-3-9/h6-7,9H,1-5H2/t6-,7+/m0/s1. The smallest absolute Gasteiger partial charge is 0.126 e. The molecule has 1 fully saturated rings. The molecular formula is C7H13FO2. The first kappa shape index (κ1) is 7.95. The molecule has 0 amide bonds. The van der Waals surface area contributed by atoms with Crippen LogP contribution in [-0.4, -0.2) is 31.1 Å². The monoisotopic (exact) mass is 148 g/mol. The molecule has 1 saturated heterocycles. The molecule has 0 unspecified atom stereocenters. The molecular weight excluding hydrogens is 135 g/mol. The fourth-order valence-electron chi connectivity index (χ4n) is 1.24. The number of aliphatic hydroxyl groups is 1. The third-order valence-electron chi connectivity index (χ3n) is 1.92. The SMILES string of the molecule is OCC[C@H]1CCOC[C@H]1F. The van der Waals surface area contributed by atoms with Gasteiger partial charge in [0, 0.05) is 13.2 Å². The topological polar surface area (TPSA) is 29.5 Å². The van der Waals surface area contributed by atoms with Crippen LogP contribution in [0.4, 0.5) is 4.39 Å². The fraction of sp³-hybridized carbons (Fsp3) is 1.00. The fourth-order valence-corrected chi connectivity index (χ4v) is 1.24. The molecule has 0 aromatic heterocycles. The van der Waals surface area contributed by atoms with E-state index < -0.39 is 6.17 Å². The van der Waals surface area contributed by atoms with Crippen molar-refractivity contribution in [2.45, 2.75) is 19.0 Å². The van der Waals surface area contributed by atoms with Gasteiger partial charge in [-0.15, -0.1) is 0 Å². The minimum atomic E-state index is -0.860. The Hall–Kier alpha value is -0.150. The Morgan fingerprint density at radius 1 is 1.60 bits per heavy atom. The number of aliphatic hydroxyl groups excluding tert-OH is 1. The van der Waals surface area contributed by atoms with Gasteiger partial charge in [0.2, 0.25) is 0 Å². The third kappa shape index (κ3) is 1.92. The minimum Gasteiger partial charge on any atom is -0.396 e. The third-order valence-corrected chi connectivity index (χ3v) is 1.92. The van der Waals surface area contributed by atoms with E-state index in [1.165, 1.54) is 0 Å². The maximum Gasteiger partial charge on any atom is 0.126 e. The minimum absolute atomic E-state index is 0.0266. The highest BCUT2D eigenvalue weighted by molar-refractivity contribution is 4.72. The zero-order valence-electron chi connectivity index (χ0n) is 5.92. The largest absolute Gasteiger partial charge is 0.396 e. The Morgan fingerprint density at radius 2 is 2.40 bits per heavy atom. The summed E-state index contributed by atoms with van der Waals surface area (Å²) in [5.41, 5.74) is 0. The highest BCUT2D eigenvalue weighted by Gasteiger charge is 2.24. The summed E-state index contributed by atoms with van der Waals surface area (Å²) < 4.78 is 17.7. The molecule has 1 N–H and O–H groups in total. The van der Waals surface area contributed by atoms with Crippen LogP contribution in [0.2, 0.25) is 0 Å². The van der Waals surface area contributed by atoms with E-state index in [4.69, 9.17) is 9.84 Å². The molecule has 10 heavy (non-hydrogen) atoms. The highest BCUT2D eigenvalue weighted by Crippen LogP contribution is 2.20. The second kappa shape index (κ2) is 3.88. The van der Waals surface area contributed by atoms with E-state index in [-0.39, 0.29) is 19.1 Å². The number of rotatable bonds is 2. The summed E-state index contributed by atoms with van der Waals surface area (Å²) >= 11 is 0. The van der Waals surface area contributed by atoms with Crippen LogP contribution >= 0.6 is 0 Å². The van der Waals surface area contributed by atoms with Gasteiger partial charge in [0.1, 0.15) is 6.17 Å². The first-order chi connectivity index (χ1) is 4.84. The number of halogens is 1. The molecule has 1 aliphatic rings. The number of alkyl halides is 1. The Morgan fingerprint density at radius 3 is 3.00 bits per heavy atom. The van der Waals surface area contributed by atoms with E-state index in [0.29, 0.717) is 13.0 Å². The zero-order chi connectivity index (χ0) is 7.40. The van der Waals surface area contributed by atoms with Gasteiger partial charge >= 0.3 is 0 Å². The second-order valence-corrected chi connectivity index (χ2v) is 2.65. The highest BCUT2D eigenvalue weighted by atomic mass is 19.1. The average Bonchev–Trinajstić information content (AvgIpc) is 1.94. The van der Waals surface area contributed by atoms with E-state index >= 15 is 0 Å². The summed E-state index contributed by atoms with van der Waals surface area (Å²) in [6.07, 6.45) is 0.465. The molecule has 0 bridgehead atoms. The van der Waals surface area contributed by atoms with E-state index in [2.05, 4.69) is 0 Å². The van der Waals surface area contributed by atoms with Crippen LogP contribution in [0.5, 0.6) is 0 Å². The lowest BCUT2D eigenvalue weighted by atomic mass is 9.95. The second-order valence-electron chi connectivity index (χ2n) is 2.65. The van der Waals surface area contributed by atoms with E-state index in [9.17, 15) is 4.39 Å². The van der Waals surface area contributed by atoms with Gasteiger partial charge in [-0.05, 0) is 18.8 Å². The van der Waals surface area contributed by atoms with Crippen molar-refractivity contribution in [3.8, 4) is 0 Å². The molecule has 0 radical (unpaired) electrons. The van der Waals surface area contributed by atoms with Crippen LogP contribution in [0.25, 0.3) is 0 Å². The summed E-state index contributed by atoms with van der Waals surface area (Å²) in [5, 5.41) is 8.53. The molecule has 1 aliphatic heterocycles. The van der Waals surface area contributed by atoms with Crippen LogP contribution in [0.1, 0.15) is 12.8 Å². The Labute approximate surface area is 60.0 Å². The molecule has 3 heteroatoms. The lowest BCUT2D eigenvalue weighted by Crippen LogP contribution is -2.29. The molecule has 2 nitrogen and oxygen atoms in total. The normalized spacial score (nSPS) is 34.2. The molecule has 60 valence electrons. The number of hydrogen-bond acceptors (Lipinski definition) is 2. The van der Waals surface area contributed by atoms with Crippen LogP contribution in [-0.2, 0) is 4.74 Å². The summed E-state index contributed by atoms with van der Waals surface area (Å²) in [5.74, 6) is 0.0266. The first-order valence-electron chi connectivity index (χ1n) is 3.67. The van der Waals surface area contributed by atoms with Crippen molar-refractivity contribution in [1.82, 2.24) is 0 Å². The van der Waals surface area contributed by atoms with Crippen LogP contribution in [0.3, 0.4) is 0 Å².